The van der Waals surface area contributed by atoms with E-state index in [0.29, 0.717) is 11.5 Å². The summed E-state index contributed by atoms with van der Waals surface area (Å²) in [4.78, 5) is 2.64. The Hall–Kier alpha value is -0.0800. The van der Waals surface area contributed by atoms with Crippen molar-refractivity contribution in [1.82, 2.24) is 4.90 Å². The van der Waals surface area contributed by atoms with E-state index in [2.05, 4.69) is 32.7 Å². The molecule has 0 aliphatic heterocycles. The molecule has 112 valence electrons. The van der Waals surface area contributed by atoms with Crippen LogP contribution in [0, 0.1) is 17.3 Å². The molecule has 19 heavy (non-hydrogen) atoms. The fraction of sp³-hybridized carbons (Fsp3) is 1.00. The standard InChI is InChI=1S/C17H34N2/c1-17(2,3)14-6-5-7-15(11-10-14)19(4)16(12-18)13-8-9-13/h13-16H,5-12,18H2,1-4H3. The van der Waals surface area contributed by atoms with Crippen LogP contribution in [0.15, 0.2) is 0 Å². The first kappa shape index (κ1) is 15.3. The number of hydrogen-bond acceptors (Lipinski definition) is 2. The zero-order chi connectivity index (χ0) is 14.0. The molecule has 2 heteroatoms. The lowest BCUT2D eigenvalue weighted by atomic mass is 9.76. The highest BCUT2D eigenvalue weighted by atomic mass is 15.2. The van der Waals surface area contributed by atoms with Gasteiger partial charge in [-0.2, -0.15) is 0 Å². The van der Waals surface area contributed by atoms with Gasteiger partial charge in [0, 0.05) is 18.6 Å². The molecule has 0 saturated heterocycles. The molecule has 0 aromatic heterocycles. The quantitative estimate of drug-likeness (QED) is 0.787. The van der Waals surface area contributed by atoms with Crippen LogP contribution in [0.25, 0.3) is 0 Å². The lowest BCUT2D eigenvalue weighted by Crippen LogP contribution is -2.45. The Morgan fingerprint density at radius 1 is 1.05 bits per heavy atom. The molecule has 2 saturated carbocycles. The summed E-state index contributed by atoms with van der Waals surface area (Å²) in [6, 6.07) is 1.43. The Morgan fingerprint density at radius 2 is 1.74 bits per heavy atom. The predicted octanol–water partition coefficient (Wildman–Crippen LogP) is 3.65. The summed E-state index contributed by atoms with van der Waals surface area (Å²) in [7, 11) is 2.33. The van der Waals surface area contributed by atoms with Gasteiger partial charge >= 0.3 is 0 Å². The van der Waals surface area contributed by atoms with Gasteiger partial charge in [-0.15, -0.1) is 0 Å². The van der Waals surface area contributed by atoms with E-state index in [4.69, 9.17) is 5.73 Å². The number of likely N-dealkylation sites (N-methyl/N-ethyl adjacent to an activating group) is 1. The van der Waals surface area contributed by atoms with E-state index in [1.807, 2.05) is 0 Å². The molecule has 0 radical (unpaired) electrons. The third-order valence-corrected chi connectivity index (χ3v) is 5.67. The van der Waals surface area contributed by atoms with Crippen molar-refractivity contribution in [3.8, 4) is 0 Å². The fourth-order valence-corrected chi connectivity index (χ4v) is 4.00. The second-order valence-electron chi connectivity index (χ2n) is 8.03. The van der Waals surface area contributed by atoms with Gasteiger partial charge in [-0.05, 0) is 62.8 Å². The van der Waals surface area contributed by atoms with Crippen LogP contribution in [-0.4, -0.2) is 30.6 Å². The lowest BCUT2D eigenvalue weighted by Gasteiger charge is -2.35. The third kappa shape index (κ3) is 3.95. The number of hydrogen-bond donors (Lipinski definition) is 1. The summed E-state index contributed by atoms with van der Waals surface area (Å²) < 4.78 is 0. The highest BCUT2D eigenvalue weighted by molar-refractivity contribution is 4.91. The molecular formula is C17H34N2. The minimum absolute atomic E-state index is 0.483. The minimum atomic E-state index is 0.483. The largest absolute Gasteiger partial charge is 0.329 e. The smallest absolute Gasteiger partial charge is 0.0246 e. The number of nitrogens with two attached hydrogens (primary N) is 1. The summed E-state index contributed by atoms with van der Waals surface area (Å²) in [5.74, 6) is 1.81. The molecule has 2 fully saturated rings. The Balaban J connectivity index is 1.91. The number of nitrogens with zero attached hydrogens (tertiary/aromatic N) is 1. The normalized spacial score (nSPS) is 31.3. The molecule has 0 heterocycles. The van der Waals surface area contributed by atoms with E-state index < -0.39 is 0 Å². The van der Waals surface area contributed by atoms with E-state index in [1.54, 1.807) is 0 Å². The van der Waals surface area contributed by atoms with E-state index in [0.717, 1.165) is 24.4 Å². The van der Waals surface area contributed by atoms with Crippen LogP contribution in [0.5, 0.6) is 0 Å². The van der Waals surface area contributed by atoms with E-state index in [-0.39, 0.29) is 0 Å². The van der Waals surface area contributed by atoms with Crippen molar-refractivity contribution in [2.24, 2.45) is 23.0 Å². The first-order chi connectivity index (χ1) is 8.93. The summed E-state index contributed by atoms with van der Waals surface area (Å²) in [6.45, 7) is 8.08. The van der Waals surface area contributed by atoms with Gasteiger partial charge in [0.15, 0.2) is 0 Å². The predicted molar refractivity (Wildman–Crippen MR) is 83.1 cm³/mol. The van der Waals surface area contributed by atoms with Crippen molar-refractivity contribution in [2.45, 2.75) is 77.8 Å². The minimum Gasteiger partial charge on any atom is -0.329 e. The molecule has 0 spiro atoms. The van der Waals surface area contributed by atoms with Crippen LogP contribution in [-0.2, 0) is 0 Å². The first-order valence-corrected chi connectivity index (χ1v) is 8.35. The van der Waals surface area contributed by atoms with Gasteiger partial charge in [0.25, 0.3) is 0 Å². The third-order valence-electron chi connectivity index (χ3n) is 5.67. The van der Waals surface area contributed by atoms with Crippen molar-refractivity contribution >= 4 is 0 Å². The van der Waals surface area contributed by atoms with E-state index >= 15 is 0 Å². The molecule has 2 aliphatic rings. The van der Waals surface area contributed by atoms with E-state index in [9.17, 15) is 0 Å². The Kier molecular flexibility index (Phi) is 4.94. The summed E-state index contributed by atoms with van der Waals surface area (Å²) in [6.07, 6.45) is 9.80. The maximum atomic E-state index is 6.02. The SMILES string of the molecule is CN(C1CCCC(C(C)(C)C)CC1)C(CN)C1CC1. The lowest BCUT2D eigenvalue weighted by molar-refractivity contribution is 0.140. The monoisotopic (exact) mass is 266 g/mol. The van der Waals surface area contributed by atoms with Crippen LogP contribution in [0.4, 0.5) is 0 Å². The molecule has 2 rings (SSSR count). The number of rotatable bonds is 4. The van der Waals surface area contributed by atoms with Crippen molar-refractivity contribution in [1.29, 1.82) is 0 Å². The fourth-order valence-electron chi connectivity index (χ4n) is 4.00. The Morgan fingerprint density at radius 3 is 2.26 bits per heavy atom. The van der Waals surface area contributed by atoms with Gasteiger partial charge in [-0.1, -0.05) is 27.2 Å². The average Bonchev–Trinajstić information content (AvgIpc) is 3.14. The van der Waals surface area contributed by atoms with Gasteiger partial charge in [0.2, 0.25) is 0 Å². The highest BCUT2D eigenvalue weighted by Crippen LogP contribution is 2.40. The highest BCUT2D eigenvalue weighted by Gasteiger charge is 2.36. The molecule has 2 nitrogen and oxygen atoms in total. The zero-order valence-electron chi connectivity index (χ0n) is 13.5. The molecule has 3 unspecified atom stereocenters. The molecule has 0 bridgehead atoms. The molecular weight excluding hydrogens is 232 g/mol. The first-order valence-electron chi connectivity index (χ1n) is 8.35. The van der Waals surface area contributed by atoms with Crippen molar-refractivity contribution in [3.05, 3.63) is 0 Å². The van der Waals surface area contributed by atoms with Gasteiger partial charge in [0.05, 0.1) is 0 Å². The summed E-state index contributed by atoms with van der Waals surface area (Å²) >= 11 is 0. The Labute approximate surface area is 120 Å². The molecule has 3 atom stereocenters. The summed E-state index contributed by atoms with van der Waals surface area (Å²) in [5.41, 5.74) is 6.50. The van der Waals surface area contributed by atoms with Gasteiger partial charge < -0.3 is 5.73 Å². The van der Waals surface area contributed by atoms with Gasteiger partial charge in [-0.25, -0.2) is 0 Å². The molecule has 0 amide bonds. The maximum absolute atomic E-state index is 6.02. The van der Waals surface area contributed by atoms with Crippen LogP contribution >= 0.6 is 0 Å². The molecule has 2 N–H and O–H groups in total. The topological polar surface area (TPSA) is 29.3 Å². The maximum Gasteiger partial charge on any atom is 0.0246 e. The summed E-state index contributed by atoms with van der Waals surface area (Å²) in [5, 5.41) is 0. The van der Waals surface area contributed by atoms with Crippen LogP contribution < -0.4 is 5.73 Å². The van der Waals surface area contributed by atoms with Crippen molar-refractivity contribution < 1.29 is 0 Å². The van der Waals surface area contributed by atoms with E-state index in [1.165, 1.54) is 44.9 Å². The average molecular weight is 266 g/mol. The molecule has 2 aliphatic carbocycles. The molecule has 0 aromatic rings. The van der Waals surface area contributed by atoms with Crippen molar-refractivity contribution in [2.75, 3.05) is 13.6 Å². The van der Waals surface area contributed by atoms with Crippen LogP contribution in [0.2, 0.25) is 0 Å². The van der Waals surface area contributed by atoms with Crippen LogP contribution in [0.1, 0.15) is 65.7 Å². The van der Waals surface area contributed by atoms with Crippen LogP contribution in [0.3, 0.4) is 0 Å². The van der Waals surface area contributed by atoms with Crippen molar-refractivity contribution in [3.63, 3.8) is 0 Å². The Bertz CT molecular complexity index is 277. The second-order valence-corrected chi connectivity index (χ2v) is 8.03. The second kappa shape index (κ2) is 6.13. The van der Waals surface area contributed by atoms with Gasteiger partial charge in [-0.3, -0.25) is 4.90 Å². The van der Waals surface area contributed by atoms with Gasteiger partial charge in [0.1, 0.15) is 0 Å². The zero-order valence-corrected chi connectivity index (χ0v) is 13.5. The molecule has 0 aromatic carbocycles.